The number of likely N-dealkylation sites (tertiary alicyclic amines) is 1. The Labute approximate surface area is 138 Å². The first-order valence-electron chi connectivity index (χ1n) is 9.16. The fourth-order valence-corrected chi connectivity index (χ4v) is 4.63. The second-order valence-electron chi connectivity index (χ2n) is 7.31. The standard InChI is InChI=1S/C19H27N3O/c23-19-20-17-8-4-5-9-18(17)22(19)16-10-12-21(13-11-16)14-15-6-2-1-3-7-15/h1-3,6-7,16-18H,4-5,8-14H2,(H,20,23). The zero-order valence-electron chi connectivity index (χ0n) is 13.8. The lowest BCUT2D eigenvalue weighted by Crippen LogP contribution is -2.49. The maximum Gasteiger partial charge on any atom is 0.318 e. The fourth-order valence-electron chi connectivity index (χ4n) is 4.63. The Hall–Kier alpha value is -1.55. The number of nitrogens with one attached hydrogen (secondary N) is 1. The van der Waals surface area contributed by atoms with E-state index in [9.17, 15) is 4.79 Å². The summed E-state index contributed by atoms with van der Waals surface area (Å²) < 4.78 is 0. The van der Waals surface area contributed by atoms with Crippen molar-refractivity contribution >= 4 is 6.03 Å². The molecule has 2 saturated heterocycles. The van der Waals surface area contributed by atoms with Gasteiger partial charge in [-0.25, -0.2) is 4.79 Å². The maximum atomic E-state index is 12.4. The van der Waals surface area contributed by atoms with Gasteiger partial charge in [0.2, 0.25) is 0 Å². The van der Waals surface area contributed by atoms with E-state index in [0.717, 1.165) is 32.5 Å². The highest BCUT2D eigenvalue weighted by Gasteiger charge is 2.44. The minimum absolute atomic E-state index is 0.198. The first kappa shape index (κ1) is 15.0. The SMILES string of the molecule is O=C1NC2CCCCC2N1C1CCN(Cc2ccccc2)CC1. The molecule has 1 saturated carbocycles. The van der Waals surface area contributed by atoms with Gasteiger partial charge in [0.1, 0.15) is 0 Å². The van der Waals surface area contributed by atoms with Gasteiger partial charge in [-0.2, -0.15) is 0 Å². The normalized spacial score (nSPS) is 29.4. The van der Waals surface area contributed by atoms with Crippen LogP contribution in [0.3, 0.4) is 0 Å². The Balaban J connectivity index is 1.35. The van der Waals surface area contributed by atoms with Gasteiger partial charge in [0.05, 0.1) is 12.1 Å². The summed E-state index contributed by atoms with van der Waals surface area (Å²) >= 11 is 0. The number of rotatable bonds is 3. The number of carbonyl (C=O) groups is 1. The van der Waals surface area contributed by atoms with Crippen molar-refractivity contribution < 1.29 is 4.79 Å². The van der Waals surface area contributed by atoms with Crippen molar-refractivity contribution in [3.63, 3.8) is 0 Å². The largest absolute Gasteiger partial charge is 0.333 e. The molecule has 0 aromatic heterocycles. The number of nitrogens with zero attached hydrogens (tertiary/aromatic N) is 2. The fraction of sp³-hybridized carbons (Fsp3) is 0.632. The summed E-state index contributed by atoms with van der Waals surface area (Å²) in [6.07, 6.45) is 7.13. The molecule has 1 aromatic carbocycles. The van der Waals surface area contributed by atoms with Crippen LogP contribution in [0.4, 0.5) is 4.79 Å². The molecular weight excluding hydrogens is 286 g/mol. The van der Waals surface area contributed by atoms with Crippen LogP contribution in [0.15, 0.2) is 30.3 Å². The molecule has 2 heterocycles. The molecule has 2 atom stereocenters. The van der Waals surface area contributed by atoms with Crippen molar-refractivity contribution in [1.29, 1.82) is 0 Å². The van der Waals surface area contributed by atoms with Gasteiger partial charge >= 0.3 is 6.03 Å². The van der Waals surface area contributed by atoms with Crippen LogP contribution in [0.1, 0.15) is 44.1 Å². The summed E-state index contributed by atoms with van der Waals surface area (Å²) in [5.41, 5.74) is 1.39. The van der Waals surface area contributed by atoms with Gasteiger partial charge in [-0.3, -0.25) is 4.90 Å². The highest BCUT2D eigenvalue weighted by atomic mass is 16.2. The molecule has 1 aromatic rings. The van der Waals surface area contributed by atoms with E-state index in [0.29, 0.717) is 18.1 Å². The van der Waals surface area contributed by atoms with Crippen LogP contribution in [-0.4, -0.2) is 47.0 Å². The third-order valence-corrected chi connectivity index (χ3v) is 5.83. The van der Waals surface area contributed by atoms with Crippen LogP contribution in [0, 0.1) is 0 Å². The molecule has 1 N–H and O–H groups in total. The molecule has 2 unspecified atom stereocenters. The molecule has 23 heavy (non-hydrogen) atoms. The van der Waals surface area contributed by atoms with E-state index < -0.39 is 0 Å². The zero-order chi connectivity index (χ0) is 15.6. The molecule has 0 bridgehead atoms. The van der Waals surface area contributed by atoms with Crippen LogP contribution in [0.2, 0.25) is 0 Å². The van der Waals surface area contributed by atoms with E-state index in [-0.39, 0.29) is 6.03 Å². The van der Waals surface area contributed by atoms with Crippen LogP contribution in [0.5, 0.6) is 0 Å². The van der Waals surface area contributed by atoms with Crippen molar-refractivity contribution in [3.8, 4) is 0 Å². The molecule has 3 aliphatic rings. The van der Waals surface area contributed by atoms with Gasteiger partial charge in [-0.05, 0) is 31.2 Å². The Morgan fingerprint density at radius 2 is 1.74 bits per heavy atom. The number of hydrogen-bond acceptors (Lipinski definition) is 2. The molecule has 4 heteroatoms. The third kappa shape index (κ3) is 3.09. The Bertz CT molecular complexity index is 539. The predicted octanol–water partition coefficient (Wildman–Crippen LogP) is 2.99. The molecule has 2 amide bonds. The van der Waals surface area contributed by atoms with Gasteiger partial charge in [0.25, 0.3) is 0 Å². The van der Waals surface area contributed by atoms with E-state index in [1.165, 1.54) is 31.2 Å². The predicted molar refractivity (Wildman–Crippen MR) is 91.2 cm³/mol. The molecule has 124 valence electrons. The van der Waals surface area contributed by atoms with Crippen LogP contribution >= 0.6 is 0 Å². The lowest BCUT2D eigenvalue weighted by molar-refractivity contribution is 0.0991. The first-order chi connectivity index (χ1) is 11.3. The third-order valence-electron chi connectivity index (χ3n) is 5.83. The molecule has 4 nitrogen and oxygen atoms in total. The lowest BCUT2D eigenvalue weighted by atomic mass is 9.89. The molecule has 0 radical (unpaired) electrons. The quantitative estimate of drug-likeness (QED) is 0.931. The monoisotopic (exact) mass is 313 g/mol. The minimum Gasteiger partial charge on any atom is -0.333 e. The van der Waals surface area contributed by atoms with Crippen molar-refractivity contribution in [2.24, 2.45) is 0 Å². The number of hydrogen-bond donors (Lipinski definition) is 1. The maximum absolute atomic E-state index is 12.4. The molecule has 3 fully saturated rings. The van der Waals surface area contributed by atoms with Crippen LogP contribution in [0.25, 0.3) is 0 Å². The number of urea groups is 1. The van der Waals surface area contributed by atoms with E-state index in [1.807, 2.05) is 0 Å². The molecule has 0 spiro atoms. The zero-order valence-corrected chi connectivity index (χ0v) is 13.8. The van der Waals surface area contributed by atoms with Crippen molar-refractivity contribution in [3.05, 3.63) is 35.9 Å². The molecule has 2 aliphatic heterocycles. The summed E-state index contributed by atoms with van der Waals surface area (Å²) in [6.45, 7) is 3.23. The average molecular weight is 313 g/mol. The van der Waals surface area contributed by atoms with Gasteiger partial charge in [-0.15, -0.1) is 0 Å². The van der Waals surface area contributed by atoms with Gasteiger partial charge in [0.15, 0.2) is 0 Å². The molecule has 4 rings (SSSR count). The Morgan fingerprint density at radius 1 is 1.00 bits per heavy atom. The number of piperidine rings is 1. The summed E-state index contributed by atoms with van der Waals surface area (Å²) in [4.78, 5) is 17.2. The summed E-state index contributed by atoms with van der Waals surface area (Å²) in [5, 5.41) is 3.23. The number of benzene rings is 1. The van der Waals surface area contributed by atoms with E-state index in [4.69, 9.17) is 0 Å². The molecular formula is C19H27N3O. The number of amides is 2. The van der Waals surface area contributed by atoms with Crippen LogP contribution in [-0.2, 0) is 6.54 Å². The van der Waals surface area contributed by atoms with Crippen molar-refractivity contribution in [2.45, 2.75) is 63.2 Å². The number of carbonyl (C=O) groups excluding carboxylic acids is 1. The van der Waals surface area contributed by atoms with E-state index in [2.05, 4.69) is 45.4 Å². The first-order valence-corrected chi connectivity index (χ1v) is 9.16. The Kier molecular flexibility index (Phi) is 4.25. The van der Waals surface area contributed by atoms with Crippen LogP contribution < -0.4 is 5.32 Å². The van der Waals surface area contributed by atoms with Crippen molar-refractivity contribution in [1.82, 2.24) is 15.1 Å². The second kappa shape index (κ2) is 6.52. The molecule has 1 aliphatic carbocycles. The van der Waals surface area contributed by atoms with Gasteiger partial charge < -0.3 is 10.2 Å². The average Bonchev–Trinajstić information content (AvgIpc) is 2.92. The van der Waals surface area contributed by atoms with Crippen molar-refractivity contribution in [2.75, 3.05) is 13.1 Å². The minimum atomic E-state index is 0.198. The summed E-state index contributed by atoms with van der Waals surface area (Å²) in [6, 6.07) is 12.2. The highest BCUT2D eigenvalue weighted by Crippen LogP contribution is 2.32. The van der Waals surface area contributed by atoms with Gasteiger partial charge in [0, 0.05) is 25.7 Å². The van der Waals surface area contributed by atoms with E-state index in [1.54, 1.807) is 0 Å². The summed E-state index contributed by atoms with van der Waals surface area (Å²) in [7, 11) is 0. The van der Waals surface area contributed by atoms with Gasteiger partial charge in [-0.1, -0.05) is 43.2 Å². The highest BCUT2D eigenvalue weighted by molar-refractivity contribution is 5.78. The Morgan fingerprint density at radius 3 is 2.52 bits per heavy atom. The summed E-state index contributed by atoms with van der Waals surface area (Å²) in [5.74, 6) is 0. The smallest absolute Gasteiger partial charge is 0.318 e. The second-order valence-corrected chi connectivity index (χ2v) is 7.31. The van der Waals surface area contributed by atoms with E-state index >= 15 is 0 Å². The lowest BCUT2D eigenvalue weighted by Gasteiger charge is -2.40. The topological polar surface area (TPSA) is 35.6 Å². The number of fused-ring (bicyclic) bond motifs is 1.